The molecule has 1 aliphatic carbocycles. The third-order valence-electron chi connectivity index (χ3n) is 6.10. The third-order valence-corrected chi connectivity index (χ3v) is 6.10. The van der Waals surface area contributed by atoms with Crippen molar-refractivity contribution in [1.29, 1.82) is 0 Å². The topological polar surface area (TPSA) is 61.6 Å². The maximum atomic E-state index is 12.5. The highest BCUT2D eigenvalue weighted by Gasteiger charge is 2.34. The average Bonchev–Trinajstić information content (AvgIpc) is 3.22. The number of piperidine rings is 1. The van der Waals surface area contributed by atoms with Gasteiger partial charge in [0.15, 0.2) is 5.69 Å². The van der Waals surface area contributed by atoms with E-state index in [9.17, 15) is 4.79 Å². The maximum Gasteiger partial charge on any atom is 0.273 e. The van der Waals surface area contributed by atoms with E-state index in [-0.39, 0.29) is 11.9 Å². The number of nitrogens with zero attached hydrogens (tertiary/aromatic N) is 3. The first-order chi connectivity index (χ1) is 12.1. The molecule has 6 nitrogen and oxygen atoms in total. The maximum absolute atomic E-state index is 12.5. The minimum absolute atomic E-state index is 0.0892. The number of carbonyl (C=O) groups is 1. The zero-order valence-electron chi connectivity index (χ0n) is 15.4. The van der Waals surface area contributed by atoms with Crippen LogP contribution in [-0.2, 0) is 0 Å². The van der Waals surface area contributed by atoms with E-state index in [2.05, 4.69) is 34.2 Å². The van der Waals surface area contributed by atoms with Crippen LogP contribution in [0.25, 0.3) is 0 Å². The number of hydrogen-bond acceptors (Lipinski definition) is 5. The first-order valence-corrected chi connectivity index (χ1v) is 9.77. The van der Waals surface area contributed by atoms with Gasteiger partial charge >= 0.3 is 0 Å². The minimum Gasteiger partial charge on any atom is -0.360 e. The second kappa shape index (κ2) is 7.08. The van der Waals surface area contributed by atoms with Gasteiger partial charge in [0.25, 0.3) is 5.91 Å². The molecule has 1 amide bonds. The Kier molecular flexibility index (Phi) is 4.82. The number of rotatable bonds is 5. The van der Waals surface area contributed by atoms with Crippen molar-refractivity contribution in [3.8, 4) is 0 Å². The summed E-state index contributed by atoms with van der Waals surface area (Å²) < 4.78 is 5.31. The fourth-order valence-corrected chi connectivity index (χ4v) is 4.21. The zero-order chi connectivity index (χ0) is 17.4. The van der Waals surface area contributed by atoms with Crippen molar-refractivity contribution in [3.63, 3.8) is 0 Å². The number of likely N-dealkylation sites (tertiary alicyclic amines) is 2. The SMILES string of the molecule is CC1CN(CC2CCN(C)CC2)CC1NC(=O)c1cc(C2CC2)on1. The quantitative estimate of drug-likeness (QED) is 0.883. The predicted molar refractivity (Wildman–Crippen MR) is 95.6 cm³/mol. The molecule has 3 aliphatic rings. The highest BCUT2D eigenvalue weighted by molar-refractivity contribution is 5.92. The lowest BCUT2D eigenvalue weighted by atomic mass is 9.97. The summed E-state index contributed by atoms with van der Waals surface area (Å²) >= 11 is 0. The van der Waals surface area contributed by atoms with Crippen molar-refractivity contribution in [2.75, 3.05) is 39.8 Å². The molecule has 2 atom stereocenters. The Morgan fingerprint density at radius 1 is 1.28 bits per heavy atom. The second-order valence-corrected chi connectivity index (χ2v) is 8.41. The largest absolute Gasteiger partial charge is 0.360 e. The van der Waals surface area contributed by atoms with Crippen molar-refractivity contribution >= 4 is 5.91 Å². The number of nitrogens with one attached hydrogen (secondary N) is 1. The summed E-state index contributed by atoms with van der Waals surface area (Å²) in [7, 11) is 2.21. The summed E-state index contributed by atoms with van der Waals surface area (Å²) in [5.41, 5.74) is 0.433. The molecule has 1 saturated carbocycles. The second-order valence-electron chi connectivity index (χ2n) is 8.41. The van der Waals surface area contributed by atoms with E-state index in [0.717, 1.165) is 37.6 Å². The lowest BCUT2D eigenvalue weighted by Crippen LogP contribution is -2.41. The van der Waals surface area contributed by atoms with Crippen LogP contribution in [0.2, 0.25) is 0 Å². The van der Waals surface area contributed by atoms with Gasteiger partial charge in [-0.2, -0.15) is 0 Å². The van der Waals surface area contributed by atoms with Gasteiger partial charge < -0.3 is 19.6 Å². The summed E-state index contributed by atoms with van der Waals surface area (Å²) in [6.45, 7) is 7.85. The van der Waals surface area contributed by atoms with Crippen molar-refractivity contribution in [2.45, 2.75) is 44.6 Å². The van der Waals surface area contributed by atoms with Crippen molar-refractivity contribution < 1.29 is 9.32 Å². The number of aromatic nitrogens is 1. The highest BCUT2D eigenvalue weighted by Crippen LogP contribution is 2.40. The minimum atomic E-state index is -0.0892. The van der Waals surface area contributed by atoms with Crippen LogP contribution in [0.3, 0.4) is 0 Å². The van der Waals surface area contributed by atoms with E-state index in [1.807, 2.05) is 6.07 Å². The van der Waals surface area contributed by atoms with Gasteiger partial charge in [0.05, 0.1) is 0 Å². The van der Waals surface area contributed by atoms with Gasteiger partial charge in [0.1, 0.15) is 5.76 Å². The van der Waals surface area contributed by atoms with Gasteiger partial charge in [-0.05, 0) is 57.7 Å². The summed E-state index contributed by atoms with van der Waals surface area (Å²) in [6, 6.07) is 2.03. The molecular weight excluding hydrogens is 316 g/mol. The Labute approximate surface area is 149 Å². The molecule has 0 radical (unpaired) electrons. The normalized spacial score (nSPS) is 29.2. The molecule has 138 valence electrons. The van der Waals surface area contributed by atoms with Gasteiger partial charge in [0.2, 0.25) is 0 Å². The molecule has 4 rings (SSSR count). The Morgan fingerprint density at radius 3 is 2.76 bits per heavy atom. The highest BCUT2D eigenvalue weighted by atomic mass is 16.5. The summed E-state index contributed by atoms with van der Waals surface area (Å²) in [4.78, 5) is 17.4. The van der Waals surface area contributed by atoms with E-state index < -0.39 is 0 Å². The van der Waals surface area contributed by atoms with Crippen LogP contribution in [0, 0.1) is 11.8 Å². The number of hydrogen-bond donors (Lipinski definition) is 1. The molecule has 25 heavy (non-hydrogen) atoms. The lowest BCUT2D eigenvalue weighted by Gasteiger charge is -2.31. The molecule has 6 heteroatoms. The van der Waals surface area contributed by atoms with Crippen molar-refractivity contribution in [1.82, 2.24) is 20.3 Å². The monoisotopic (exact) mass is 346 g/mol. The van der Waals surface area contributed by atoms with Gasteiger partial charge in [-0.3, -0.25) is 4.79 Å². The van der Waals surface area contributed by atoms with Crippen LogP contribution >= 0.6 is 0 Å². The molecule has 2 unspecified atom stereocenters. The van der Waals surface area contributed by atoms with E-state index in [1.54, 1.807) is 0 Å². The van der Waals surface area contributed by atoms with E-state index in [1.165, 1.54) is 32.5 Å². The molecule has 0 bridgehead atoms. The van der Waals surface area contributed by atoms with Gasteiger partial charge in [0, 0.05) is 37.7 Å². The molecule has 3 fully saturated rings. The van der Waals surface area contributed by atoms with Crippen LogP contribution in [0.4, 0.5) is 0 Å². The molecule has 2 aliphatic heterocycles. The van der Waals surface area contributed by atoms with Crippen molar-refractivity contribution in [2.24, 2.45) is 11.8 Å². The van der Waals surface area contributed by atoms with Gasteiger partial charge in [-0.25, -0.2) is 0 Å². The van der Waals surface area contributed by atoms with Gasteiger partial charge in [-0.1, -0.05) is 12.1 Å². The smallest absolute Gasteiger partial charge is 0.273 e. The molecule has 2 saturated heterocycles. The Morgan fingerprint density at radius 2 is 2.04 bits per heavy atom. The Hall–Kier alpha value is -1.40. The molecule has 1 aromatic heterocycles. The third kappa shape index (κ3) is 4.06. The van der Waals surface area contributed by atoms with E-state index in [4.69, 9.17) is 4.52 Å². The molecule has 0 spiro atoms. The predicted octanol–water partition coefficient (Wildman–Crippen LogP) is 1.94. The zero-order valence-corrected chi connectivity index (χ0v) is 15.4. The van der Waals surface area contributed by atoms with Crippen LogP contribution in [-0.4, -0.2) is 66.7 Å². The van der Waals surface area contributed by atoms with Crippen LogP contribution in [0.1, 0.15) is 54.8 Å². The standard InChI is InChI=1S/C19H30N4O2/c1-13-10-23(11-14-5-7-22(2)8-6-14)12-17(13)20-19(24)16-9-18(25-21-16)15-3-4-15/h9,13-15,17H,3-8,10-12H2,1-2H3,(H,20,24). The van der Waals surface area contributed by atoms with Gasteiger partial charge in [-0.15, -0.1) is 0 Å². The number of carbonyl (C=O) groups excluding carboxylic acids is 1. The Balaban J connectivity index is 1.28. The van der Waals surface area contributed by atoms with Crippen LogP contribution in [0.5, 0.6) is 0 Å². The molecular formula is C19H30N4O2. The Bertz CT molecular complexity index is 604. The fraction of sp³-hybridized carbons (Fsp3) is 0.789. The van der Waals surface area contributed by atoms with E-state index >= 15 is 0 Å². The summed E-state index contributed by atoms with van der Waals surface area (Å²) in [6.07, 6.45) is 4.90. The molecule has 0 aromatic carbocycles. The first kappa shape index (κ1) is 17.0. The van der Waals surface area contributed by atoms with Crippen LogP contribution < -0.4 is 5.32 Å². The van der Waals surface area contributed by atoms with Crippen molar-refractivity contribution in [3.05, 3.63) is 17.5 Å². The van der Waals surface area contributed by atoms with E-state index in [0.29, 0.717) is 17.5 Å². The first-order valence-electron chi connectivity index (χ1n) is 9.77. The lowest BCUT2D eigenvalue weighted by molar-refractivity contribution is 0.0921. The van der Waals surface area contributed by atoms with Crippen LogP contribution in [0.15, 0.2) is 10.6 Å². The summed E-state index contributed by atoms with van der Waals surface area (Å²) in [5.74, 6) is 2.55. The summed E-state index contributed by atoms with van der Waals surface area (Å²) in [5, 5.41) is 7.14. The number of amides is 1. The molecule has 1 N–H and O–H groups in total. The molecule has 1 aromatic rings. The average molecular weight is 346 g/mol. The molecule has 3 heterocycles. The fourth-order valence-electron chi connectivity index (χ4n) is 4.21.